The SMILES string of the molecule is C1=Cc2c(c(N(c3ccccc3)c3ccccc3)cc3sc4ccc(N(c5ccccc5)c5ccccc5)cc4c23)CC1. The molecule has 0 aliphatic heterocycles. The topological polar surface area (TPSA) is 6.48 Å². The molecule has 0 saturated carbocycles. The molecule has 206 valence electrons. The van der Waals surface area contributed by atoms with Crippen LogP contribution in [0, 0.1) is 0 Å². The largest absolute Gasteiger partial charge is 0.310 e. The Kier molecular flexibility index (Phi) is 6.51. The molecular weight excluding hydrogens is 541 g/mol. The van der Waals surface area contributed by atoms with E-state index in [0.29, 0.717) is 0 Å². The Labute approximate surface area is 256 Å². The second kappa shape index (κ2) is 10.9. The van der Waals surface area contributed by atoms with E-state index < -0.39 is 0 Å². The zero-order chi connectivity index (χ0) is 28.6. The van der Waals surface area contributed by atoms with E-state index >= 15 is 0 Å². The zero-order valence-electron chi connectivity index (χ0n) is 23.7. The van der Waals surface area contributed by atoms with E-state index in [1.54, 1.807) is 0 Å². The van der Waals surface area contributed by atoms with Crippen LogP contribution in [0.2, 0.25) is 0 Å². The fraction of sp³-hybridized carbons (Fsp3) is 0.0500. The average molecular weight is 571 g/mol. The van der Waals surface area contributed by atoms with Gasteiger partial charge in [-0.25, -0.2) is 0 Å². The lowest BCUT2D eigenvalue weighted by atomic mass is 9.90. The van der Waals surface area contributed by atoms with Crippen molar-refractivity contribution < 1.29 is 0 Å². The van der Waals surface area contributed by atoms with Gasteiger partial charge in [0.2, 0.25) is 0 Å². The summed E-state index contributed by atoms with van der Waals surface area (Å²) in [6.45, 7) is 0. The number of nitrogens with zero attached hydrogens (tertiary/aromatic N) is 2. The number of rotatable bonds is 6. The Balaban J connectivity index is 1.36. The minimum absolute atomic E-state index is 1.02. The normalized spacial score (nSPS) is 12.4. The van der Waals surface area contributed by atoms with Gasteiger partial charge in [-0.3, -0.25) is 0 Å². The van der Waals surface area contributed by atoms with E-state index in [0.717, 1.165) is 29.9 Å². The second-order valence-electron chi connectivity index (χ2n) is 10.9. The van der Waals surface area contributed by atoms with Crippen molar-refractivity contribution in [3.63, 3.8) is 0 Å². The molecule has 1 aliphatic rings. The van der Waals surface area contributed by atoms with Crippen LogP contribution < -0.4 is 9.80 Å². The summed E-state index contributed by atoms with van der Waals surface area (Å²) < 4.78 is 2.62. The first-order chi connectivity index (χ1) is 21.3. The molecule has 0 saturated heterocycles. The smallest absolute Gasteiger partial charge is 0.0514 e. The van der Waals surface area contributed by atoms with Gasteiger partial charge in [0.25, 0.3) is 0 Å². The Morgan fingerprint density at radius 3 is 1.58 bits per heavy atom. The van der Waals surface area contributed by atoms with Gasteiger partial charge in [-0.1, -0.05) is 84.9 Å². The highest BCUT2D eigenvalue weighted by Crippen LogP contribution is 2.48. The summed E-state index contributed by atoms with van der Waals surface area (Å²) in [4.78, 5) is 4.78. The van der Waals surface area contributed by atoms with Crippen LogP contribution in [0.4, 0.5) is 34.1 Å². The summed E-state index contributed by atoms with van der Waals surface area (Å²) >= 11 is 1.89. The van der Waals surface area contributed by atoms with Gasteiger partial charge in [0, 0.05) is 48.6 Å². The standard InChI is InChI=1S/C40H30N2S/c1-5-15-29(16-6-1)41(30-17-7-2-8-18-30)33-25-26-38-36(27-33)40-35-24-14-13-23-34(35)37(28-39(40)43-38)42(31-19-9-3-10-20-31)32-21-11-4-12-22-32/h1-12,14-22,24-28H,13,23H2. The molecule has 1 heterocycles. The molecule has 1 aromatic heterocycles. The van der Waals surface area contributed by atoms with Crippen LogP contribution in [-0.4, -0.2) is 0 Å². The summed E-state index contributed by atoms with van der Waals surface area (Å²) in [5, 5.41) is 2.67. The predicted molar refractivity (Wildman–Crippen MR) is 186 cm³/mol. The fourth-order valence-corrected chi connectivity index (χ4v) is 7.52. The Morgan fingerprint density at radius 1 is 0.488 bits per heavy atom. The van der Waals surface area contributed by atoms with Crippen molar-refractivity contribution in [1.82, 2.24) is 0 Å². The molecule has 8 rings (SSSR count). The molecule has 0 spiro atoms. The van der Waals surface area contributed by atoms with Crippen LogP contribution in [0.25, 0.3) is 26.2 Å². The van der Waals surface area contributed by atoms with E-state index in [1.165, 1.54) is 48.4 Å². The minimum atomic E-state index is 1.02. The van der Waals surface area contributed by atoms with Gasteiger partial charge in [0.05, 0.1) is 5.69 Å². The van der Waals surface area contributed by atoms with Crippen molar-refractivity contribution in [2.75, 3.05) is 9.80 Å². The number of hydrogen-bond donors (Lipinski definition) is 0. The molecule has 0 radical (unpaired) electrons. The third kappa shape index (κ3) is 4.59. The van der Waals surface area contributed by atoms with Crippen molar-refractivity contribution in [3.8, 4) is 0 Å². The van der Waals surface area contributed by atoms with Crippen LogP contribution in [0.15, 0.2) is 152 Å². The monoisotopic (exact) mass is 570 g/mol. The van der Waals surface area contributed by atoms with Crippen molar-refractivity contribution in [2.24, 2.45) is 0 Å². The number of thiophene rings is 1. The molecule has 0 amide bonds. The third-order valence-corrected chi connectivity index (χ3v) is 9.39. The second-order valence-corrected chi connectivity index (χ2v) is 12.0. The van der Waals surface area contributed by atoms with Crippen LogP contribution in [0.5, 0.6) is 0 Å². The molecule has 0 atom stereocenters. The lowest BCUT2D eigenvalue weighted by Gasteiger charge is -2.30. The summed E-state index contributed by atoms with van der Waals surface area (Å²) in [6, 6.07) is 52.2. The van der Waals surface area contributed by atoms with Gasteiger partial charge < -0.3 is 9.80 Å². The van der Waals surface area contributed by atoms with Crippen molar-refractivity contribution in [3.05, 3.63) is 163 Å². The molecule has 43 heavy (non-hydrogen) atoms. The van der Waals surface area contributed by atoms with Crippen LogP contribution in [-0.2, 0) is 6.42 Å². The van der Waals surface area contributed by atoms with E-state index in [-0.39, 0.29) is 0 Å². The fourth-order valence-electron chi connectivity index (χ4n) is 6.38. The van der Waals surface area contributed by atoms with Crippen LogP contribution >= 0.6 is 11.3 Å². The molecule has 7 aromatic rings. The maximum Gasteiger partial charge on any atom is 0.0514 e. The van der Waals surface area contributed by atoms with Gasteiger partial charge in [0.15, 0.2) is 0 Å². The average Bonchev–Trinajstić information content (AvgIpc) is 3.45. The number of allylic oxidation sites excluding steroid dienone is 1. The molecule has 0 fully saturated rings. The van der Waals surface area contributed by atoms with Crippen molar-refractivity contribution >= 4 is 71.7 Å². The number of benzene rings is 6. The number of para-hydroxylation sites is 4. The summed E-state index contributed by atoms with van der Waals surface area (Å²) in [5.41, 5.74) is 9.85. The van der Waals surface area contributed by atoms with Gasteiger partial charge >= 0.3 is 0 Å². The number of hydrogen-bond acceptors (Lipinski definition) is 3. The minimum Gasteiger partial charge on any atom is -0.310 e. The maximum atomic E-state index is 2.43. The van der Waals surface area contributed by atoms with Gasteiger partial charge in [-0.05, 0) is 96.8 Å². The first-order valence-corrected chi connectivity index (χ1v) is 15.7. The first-order valence-electron chi connectivity index (χ1n) is 14.8. The Bertz CT molecular complexity index is 1990. The van der Waals surface area contributed by atoms with Crippen molar-refractivity contribution in [1.29, 1.82) is 0 Å². The highest BCUT2D eigenvalue weighted by molar-refractivity contribution is 7.26. The maximum absolute atomic E-state index is 2.43. The first kappa shape index (κ1) is 25.6. The molecule has 0 unspecified atom stereocenters. The highest BCUT2D eigenvalue weighted by Gasteiger charge is 2.24. The van der Waals surface area contributed by atoms with E-state index in [9.17, 15) is 0 Å². The molecule has 6 aromatic carbocycles. The van der Waals surface area contributed by atoms with Gasteiger partial charge in [-0.15, -0.1) is 11.3 Å². The molecule has 2 nitrogen and oxygen atoms in total. The van der Waals surface area contributed by atoms with Gasteiger partial charge in [-0.2, -0.15) is 0 Å². The van der Waals surface area contributed by atoms with Crippen molar-refractivity contribution in [2.45, 2.75) is 12.8 Å². The number of anilines is 6. The zero-order valence-corrected chi connectivity index (χ0v) is 24.5. The summed E-state index contributed by atoms with van der Waals surface area (Å²) in [7, 11) is 0. The van der Waals surface area contributed by atoms with E-state index in [1.807, 2.05) is 11.3 Å². The molecule has 0 bridgehead atoms. The molecular formula is C40H30N2S. The van der Waals surface area contributed by atoms with Crippen LogP contribution in [0.1, 0.15) is 17.5 Å². The molecule has 3 heteroatoms. The quantitative estimate of drug-likeness (QED) is 0.196. The number of fused-ring (bicyclic) bond motifs is 5. The Hall–Kier alpha value is -5.12. The Morgan fingerprint density at radius 2 is 1.02 bits per heavy atom. The van der Waals surface area contributed by atoms with E-state index in [4.69, 9.17) is 0 Å². The summed E-state index contributed by atoms with van der Waals surface area (Å²) in [6.07, 6.45) is 6.77. The van der Waals surface area contributed by atoms with Gasteiger partial charge in [0.1, 0.15) is 0 Å². The van der Waals surface area contributed by atoms with Crippen LogP contribution in [0.3, 0.4) is 0 Å². The lowest BCUT2D eigenvalue weighted by Crippen LogP contribution is -2.13. The molecule has 0 N–H and O–H groups in total. The lowest BCUT2D eigenvalue weighted by molar-refractivity contribution is 0.984. The highest BCUT2D eigenvalue weighted by atomic mass is 32.1. The third-order valence-electron chi connectivity index (χ3n) is 8.27. The predicted octanol–water partition coefficient (Wildman–Crippen LogP) is 12.0. The summed E-state index contributed by atoms with van der Waals surface area (Å²) in [5.74, 6) is 0. The van der Waals surface area contributed by atoms with E-state index in [2.05, 4.69) is 168 Å². The molecule has 1 aliphatic carbocycles.